The topological polar surface area (TPSA) is 274 Å². The Morgan fingerprint density at radius 1 is 1.00 bits per heavy atom. The van der Waals surface area contributed by atoms with Crippen molar-refractivity contribution < 1.29 is 5.11 Å². The molecule has 0 aliphatic heterocycles. The Morgan fingerprint density at radius 3 is 2.38 bits per heavy atom. The summed E-state index contributed by atoms with van der Waals surface area (Å²) in [7, 11) is 0. The molecule has 4 aliphatic rings. The Kier molecular flexibility index (Phi) is 8.40. The van der Waals surface area contributed by atoms with Crippen LogP contribution in [0, 0.1) is 27.6 Å². The first-order valence-corrected chi connectivity index (χ1v) is 14.1. The van der Waals surface area contributed by atoms with Crippen LogP contribution >= 0.6 is 0 Å². The third kappa shape index (κ3) is 4.24. The number of nitrogens with two attached hydrogens (primary N) is 3. The van der Waals surface area contributed by atoms with E-state index >= 15 is 0 Å². The zero-order valence-electron chi connectivity index (χ0n) is 23.1. The van der Waals surface area contributed by atoms with Gasteiger partial charge in [0.2, 0.25) is 0 Å². The van der Waals surface area contributed by atoms with Crippen molar-refractivity contribution >= 4 is 0 Å². The highest BCUT2D eigenvalue weighted by atomic mass is 16.3. The van der Waals surface area contributed by atoms with E-state index in [9.17, 15) is 21.1 Å². The molecule has 0 spiro atoms. The molecule has 7 N–H and O–H groups in total. The molecule has 0 radical (unpaired) electrons. The average Bonchev–Trinajstić information content (AvgIpc) is 3.25. The number of nitrogens with zero attached hydrogens (tertiary/aromatic N) is 10. The first kappa shape index (κ1) is 30.1. The van der Waals surface area contributed by atoms with Gasteiger partial charge in [0, 0.05) is 56.4 Å². The molecular formula is C25H41N13O2. The van der Waals surface area contributed by atoms with Gasteiger partial charge in [0.25, 0.3) is 0 Å². The standard InChI is InChI=1S/C25H41N13O2/c1-16(35-40)2-3-18(13-32-36-29)23(26)9-6-20-22(23,15-34-38-31)10-11-25(28)21(14-33-37-30)7-5-19(39)12-17(21)4-8-24(20,25)27/h4,16,18-20,39H,2-3,5-15,26-28H2,1H3/t16-,18+,19+,20-,21-,22-,23+,24-,25+/m1/s1. The minimum Gasteiger partial charge on any atom is -0.393 e. The van der Waals surface area contributed by atoms with Crippen LogP contribution in [0.2, 0.25) is 0 Å². The predicted molar refractivity (Wildman–Crippen MR) is 150 cm³/mol. The predicted octanol–water partition coefficient (Wildman–Crippen LogP) is 4.61. The normalized spacial score (nSPS) is 41.4. The van der Waals surface area contributed by atoms with Crippen molar-refractivity contribution in [3.05, 3.63) is 47.9 Å². The van der Waals surface area contributed by atoms with Crippen LogP contribution in [0.15, 0.2) is 32.2 Å². The summed E-state index contributed by atoms with van der Waals surface area (Å²) < 4.78 is 0. The van der Waals surface area contributed by atoms with Gasteiger partial charge in [0.1, 0.15) is 0 Å². The van der Waals surface area contributed by atoms with Gasteiger partial charge < -0.3 is 22.3 Å². The molecule has 0 aromatic carbocycles. The van der Waals surface area contributed by atoms with Crippen molar-refractivity contribution in [2.45, 2.75) is 99.9 Å². The molecule has 4 aliphatic carbocycles. The number of rotatable bonds is 11. The molecule has 3 fully saturated rings. The minimum absolute atomic E-state index is 0.118. The van der Waals surface area contributed by atoms with E-state index in [4.69, 9.17) is 22.7 Å². The van der Waals surface area contributed by atoms with Gasteiger partial charge in [-0.25, -0.2) is 0 Å². The molecule has 3 saturated carbocycles. The van der Waals surface area contributed by atoms with Crippen LogP contribution in [0.1, 0.15) is 71.1 Å². The number of nitroso groups, excluding NO2 is 1. The fourth-order valence-electron chi connectivity index (χ4n) is 9.29. The second-order valence-corrected chi connectivity index (χ2v) is 12.6. The highest BCUT2D eigenvalue weighted by Crippen LogP contribution is 2.69. The van der Waals surface area contributed by atoms with Gasteiger partial charge in [-0.2, -0.15) is 4.91 Å². The van der Waals surface area contributed by atoms with E-state index in [2.05, 4.69) is 41.3 Å². The summed E-state index contributed by atoms with van der Waals surface area (Å²) in [6.07, 6.45) is 6.74. The summed E-state index contributed by atoms with van der Waals surface area (Å²) >= 11 is 0. The van der Waals surface area contributed by atoms with Crippen LogP contribution in [0.4, 0.5) is 0 Å². The molecule has 0 amide bonds. The molecule has 0 heterocycles. The van der Waals surface area contributed by atoms with Gasteiger partial charge >= 0.3 is 0 Å². The first-order chi connectivity index (χ1) is 19.0. The molecule has 15 nitrogen and oxygen atoms in total. The fraction of sp³-hybridized carbons (Fsp3) is 0.920. The Bertz CT molecular complexity index is 1180. The minimum atomic E-state index is -0.963. The van der Waals surface area contributed by atoms with Crippen LogP contribution in [-0.2, 0) is 0 Å². The maximum absolute atomic E-state index is 11.1. The van der Waals surface area contributed by atoms with Crippen molar-refractivity contribution in [3.8, 4) is 0 Å². The van der Waals surface area contributed by atoms with Crippen molar-refractivity contribution in [2.24, 2.45) is 60.4 Å². The van der Waals surface area contributed by atoms with Crippen molar-refractivity contribution in [1.29, 1.82) is 0 Å². The number of hydrogen-bond acceptors (Lipinski definition) is 9. The number of aliphatic hydroxyl groups is 1. The van der Waals surface area contributed by atoms with Gasteiger partial charge in [0.05, 0.1) is 12.1 Å². The number of azide groups is 3. The first-order valence-electron chi connectivity index (χ1n) is 14.1. The molecule has 0 bridgehead atoms. The quantitative estimate of drug-likeness (QED) is 0.0930. The van der Waals surface area contributed by atoms with Crippen LogP contribution in [-0.4, -0.2) is 53.5 Å². The Labute approximate surface area is 233 Å². The van der Waals surface area contributed by atoms with Crippen LogP contribution in [0.25, 0.3) is 31.3 Å². The van der Waals surface area contributed by atoms with Crippen LogP contribution in [0.3, 0.4) is 0 Å². The summed E-state index contributed by atoms with van der Waals surface area (Å²) in [5.41, 5.74) is 47.0. The molecule has 0 aromatic heterocycles. The lowest BCUT2D eigenvalue weighted by Gasteiger charge is -2.70. The smallest absolute Gasteiger partial charge is 0.0891 e. The number of fused-ring (bicyclic) bond motifs is 5. The summed E-state index contributed by atoms with van der Waals surface area (Å²) in [6.45, 7) is 2.14. The SMILES string of the molecule is C[C@H](CC[C@@H](CN=[N+]=[N-])[C@@]1(N)CC[C@@H]2[C@]1(CN=[N+]=[N-])CC[C@]1(N)[C@@]3(CN=[N+]=[N-])CC[C@H](O)CC3=CC[C@@]21N)N=O. The Hall–Kier alpha value is -2.89. The molecule has 0 unspecified atom stereocenters. The summed E-state index contributed by atoms with van der Waals surface area (Å²) in [6, 6.07) is -0.421. The largest absolute Gasteiger partial charge is 0.393 e. The third-order valence-electron chi connectivity index (χ3n) is 11.4. The third-order valence-corrected chi connectivity index (χ3v) is 11.4. The molecule has 9 atom stereocenters. The zero-order valence-corrected chi connectivity index (χ0v) is 23.1. The van der Waals surface area contributed by atoms with Gasteiger partial charge in [-0.3, -0.25) is 0 Å². The second-order valence-electron chi connectivity index (χ2n) is 12.6. The van der Waals surface area contributed by atoms with Crippen LogP contribution in [0.5, 0.6) is 0 Å². The average molecular weight is 556 g/mol. The molecule has 0 aromatic rings. The summed E-state index contributed by atoms with van der Waals surface area (Å²) in [4.78, 5) is 20.3. The lowest BCUT2D eigenvalue weighted by molar-refractivity contribution is -0.104. The van der Waals surface area contributed by atoms with E-state index in [0.717, 1.165) is 5.57 Å². The van der Waals surface area contributed by atoms with Gasteiger partial charge in [-0.1, -0.05) is 32.2 Å². The Morgan fingerprint density at radius 2 is 1.70 bits per heavy atom. The lowest BCUT2D eigenvalue weighted by Crippen LogP contribution is -2.83. The molecule has 40 heavy (non-hydrogen) atoms. The number of hydrogen-bond donors (Lipinski definition) is 4. The molecule has 15 heteroatoms. The summed E-state index contributed by atoms with van der Waals surface area (Å²) in [5, 5.41) is 25.6. The van der Waals surface area contributed by atoms with E-state index in [-0.39, 0.29) is 31.5 Å². The van der Waals surface area contributed by atoms with E-state index in [1.54, 1.807) is 6.92 Å². The van der Waals surface area contributed by atoms with Crippen LogP contribution < -0.4 is 17.2 Å². The van der Waals surface area contributed by atoms with Gasteiger partial charge in [0.15, 0.2) is 0 Å². The summed E-state index contributed by atoms with van der Waals surface area (Å²) in [5.74, 6) is -0.533. The molecule has 218 valence electrons. The maximum atomic E-state index is 11.1. The highest BCUT2D eigenvalue weighted by Gasteiger charge is 2.74. The maximum Gasteiger partial charge on any atom is 0.0891 e. The van der Waals surface area contributed by atoms with E-state index in [1.165, 1.54) is 0 Å². The van der Waals surface area contributed by atoms with Crippen molar-refractivity contribution in [1.82, 2.24) is 0 Å². The van der Waals surface area contributed by atoms with E-state index in [1.807, 2.05) is 0 Å². The highest BCUT2D eigenvalue weighted by molar-refractivity contribution is 5.41. The van der Waals surface area contributed by atoms with Crippen molar-refractivity contribution in [2.75, 3.05) is 19.6 Å². The molecular weight excluding hydrogens is 514 g/mol. The number of aliphatic hydroxyl groups excluding tert-OH is 1. The second kappa shape index (κ2) is 11.2. The zero-order chi connectivity index (χ0) is 29.2. The van der Waals surface area contributed by atoms with E-state index < -0.39 is 39.6 Å². The molecule has 0 saturated heterocycles. The van der Waals surface area contributed by atoms with Crippen molar-refractivity contribution in [3.63, 3.8) is 0 Å². The fourth-order valence-corrected chi connectivity index (χ4v) is 9.29. The van der Waals surface area contributed by atoms with E-state index in [0.29, 0.717) is 64.2 Å². The molecule has 4 rings (SSSR count). The Balaban J connectivity index is 1.84. The van der Waals surface area contributed by atoms with Gasteiger partial charge in [-0.05, 0) is 105 Å². The lowest BCUT2D eigenvalue weighted by atomic mass is 9.39. The monoisotopic (exact) mass is 555 g/mol. The van der Waals surface area contributed by atoms with Gasteiger partial charge in [-0.15, -0.1) is 0 Å².